The quantitative estimate of drug-likeness (QED) is 0.679. The molecule has 72 valence electrons. The fourth-order valence-electron chi connectivity index (χ4n) is 1.36. The predicted octanol–water partition coefficient (Wildman–Crippen LogP) is 1.16. The summed E-state index contributed by atoms with van der Waals surface area (Å²) in [4.78, 5) is 0. The molecule has 0 amide bonds. The highest BCUT2D eigenvalue weighted by molar-refractivity contribution is 4.57. The lowest BCUT2D eigenvalue weighted by Crippen LogP contribution is -2.10. The van der Waals surface area contributed by atoms with E-state index in [1.807, 2.05) is 0 Å². The van der Waals surface area contributed by atoms with Gasteiger partial charge >= 0.3 is 0 Å². The Morgan fingerprint density at radius 1 is 1.33 bits per heavy atom. The largest absolute Gasteiger partial charge is 0.396 e. The minimum absolute atomic E-state index is 0.0196. The van der Waals surface area contributed by atoms with Gasteiger partial charge in [-0.05, 0) is 25.2 Å². The van der Waals surface area contributed by atoms with Gasteiger partial charge in [-0.2, -0.15) is 0 Å². The van der Waals surface area contributed by atoms with E-state index >= 15 is 0 Å². The van der Waals surface area contributed by atoms with E-state index in [0.29, 0.717) is 5.92 Å². The van der Waals surface area contributed by atoms with Gasteiger partial charge in [-0.1, -0.05) is 6.92 Å². The molecular formula is C9H18O3. The average Bonchev–Trinajstić information content (AvgIpc) is 2.53. The monoisotopic (exact) mass is 174 g/mol. The molecule has 1 fully saturated rings. The minimum Gasteiger partial charge on any atom is -0.396 e. The van der Waals surface area contributed by atoms with Gasteiger partial charge < -0.3 is 14.6 Å². The number of aliphatic hydroxyl groups excluding tert-OH is 1. The van der Waals surface area contributed by atoms with Crippen LogP contribution in [0.1, 0.15) is 26.2 Å². The first kappa shape index (κ1) is 9.96. The Kier molecular flexibility index (Phi) is 4.58. The van der Waals surface area contributed by atoms with Crippen LogP contribution in [0.15, 0.2) is 0 Å². The van der Waals surface area contributed by atoms with Crippen molar-refractivity contribution in [3.05, 3.63) is 0 Å². The highest BCUT2D eigenvalue weighted by Gasteiger charge is 2.16. The Hall–Kier alpha value is -0.120. The molecule has 1 saturated heterocycles. The zero-order valence-electron chi connectivity index (χ0n) is 7.66. The van der Waals surface area contributed by atoms with E-state index in [9.17, 15) is 0 Å². The highest BCUT2D eigenvalue weighted by atomic mass is 16.7. The molecule has 0 aromatic heterocycles. The summed E-state index contributed by atoms with van der Waals surface area (Å²) in [6.45, 7) is 3.90. The van der Waals surface area contributed by atoms with E-state index in [4.69, 9.17) is 14.6 Å². The average molecular weight is 174 g/mol. The molecule has 0 radical (unpaired) electrons. The molecule has 1 rings (SSSR count). The molecule has 0 bridgehead atoms. The Labute approximate surface area is 73.7 Å². The predicted molar refractivity (Wildman–Crippen MR) is 45.8 cm³/mol. The normalized spacial score (nSPS) is 21.5. The van der Waals surface area contributed by atoms with Gasteiger partial charge in [0.15, 0.2) is 6.29 Å². The number of hydrogen-bond acceptors (Lipinski definition) is 3. The first-order valence-electron chi connectivity index (χ1n) is 4.67. The molecule has 1 aliphatic rings. The molecule has 0 saturated carbocycles. The molecule has 12 heavy (non-hydrogen) atoms. The Bertz CT molecular complexity index is 110. The zero-order chi connectivity index (χ0) is 8.81. The molecular weight excluding hydrogens is 156 g/mol. The van der Waals surface area contributed by atoms with Crippen LogP contribution in [0, 0.1) is 5.92 Å². The Morgan fingerprint density at radius 2 is 2.00 bits per heavy atom. The third kappa shape index (κ3) is 3.52. The first-order valence-corrected chi connectivity index (χ1v) is 4.67. The molecule has 1 N–H and O–H groups in total. The summed E-state index contributed by atoms with van der Waals surface area (Å²) in [5, 5.41) is 8.67. The van der Waals surface area contributed by atoms with Crippen molar-refractivity contribution >= 4 is 0 Å². The van der Waals surface area contributed by atoms with Crippen LogP contribution in [0.25, 0.3) is 0 Å². The summed E-state index contributed by atoms with van der Waals surface area (Å²) in [6.07, 6.45) is 2.94. The maximum Gasteiger partial charge on any atom is 0.157 e. The second kappa shape index (κ2) is 5.51. The van der Waals surface area contributed by atoms with Crippen LogP contribution in [-0.4, -0.2) is 31.2 Å². The maximum absolute atomic E-state index is 8.67. The van der Waals surface area contributed by atoms with E-state index in [1.54, 1.807) is 0 Å². The fourth-order valence-corrected chi connectivity index (χ4v) is 1.36. The van der Waals surface area contributed by atoms with Crippen LogP contribution in [0.5, 0.6) is 0 Å². The van der Waals surface area contributed by atoms with Gasteiger partial charge in [0.1, 0.15) is 0 Å². The molecule has 3 heteroatoms. The highest BCUT2D eigenvalue weighted by Crippen LogP contribution is 2.16. The van der Waals surface area contributed by atoms with Gasteiger partial charge in [0, 0.05) is 6.61 Å². The molecule has 3 nitrogen and oxygen atoms in total. The van der Waals surface area contributed by atoms with Gasteiger partial charge in [0.2, 0.25) is 0 Å². The smallest absolute Gasteiger partial charge is 0.157 e. The second-order valence-electron chi connectivity index (χ2n) is 3.37. The van der Waals surface area contributed by atoms with E-state index in [2.05, 4.69) is 6.92 Å². The molecule has 1 heterocycles. The lowest BCUT2D eigenvalue weighted by atomic mass is 10.0. The van der Waals surface area contributed by atoms with Gasteiger partial charge in [0.05, 0.1) is 13.2 Å². The van der Waals surface area contributed by atoms with Gasteiger partial charge in [-0.15, -0.1) is 0 Å². The number of rotatable bonds is 5. The topological polar surface area (TPSA) is 38.7 Å². The summed E-state index contributed by atoms with van der Waals surface area (Å²) in [6, 6.07) is 0. The first-order chi connectivity index (χ1) is 5.83. The summed E-state index contributed by atoms with van der Waals surface area (Å²) >= 11 is 0. The van der Waals surface area contributed by atoms with Crippen molar-refractivity contribution in [1.82, 2.24) is 0 Å². The van der Waals surface area contributed by atoms with Gasteiger partial charge in [-0.25, -0.2) is 0 Å². The zero-order valence-corrected chi connectivity index (χ0v) is 7.66. The summed E-state index contributed by atoms with van der Waals surface area (Å²) in [5.41, 5.74) is 0. The molecule has 0 aromatic rings. The van der Waals surface area contributed by atoms with E-state index in [1.165, 1.54) is 0 Å². The lowest BCUT2D eigenvalue weighted by Gasteiger charge is -2.12. The third-order valence-corrected chi connectivity index (χ3v) is 2.21. The minimum atomic E-state index is 0.0196. The van der Waals surface area contributed by atoms with Crippen molar-refractivity contribution in [2.24, 2.45) is 5.92 Å². The standard InChI is InChI=1S/C9H18O3/c1-8(4-5-10)2-3-9-11-6-7-12-9/h8-10H,2-7H2,1H3/t8-/m0/s1. The van der Waals surface area contributed by atoms with Crippen molar-refractivity contribution in [2.45, 2.75) is 32.5 Å². The van der Waals surface area contributed by atoms with E-state index < -0.39 is 0 Å². The van der Waals surface area contributed by atoms with Gasteiger partial charge in [-0.3, -0.25) is 0 Å². The molecule has 1 aliphatic heterocycles. The molecule has 0 unspecified atom stereocenters. The van der Waals surface area contributed by atoms with Crippen molar-refractivity contribution in [1.29, 1.82) is 0 Å². The van der Waals surface area contributed by atoms with Gasteiger partial charge in [0.25, 0.3) is 0 Å². The summed E-state index contributed by atoms with van der Waals surface area (Å²) in [5.74, 6) is 0.572. The summed E-state index contributed by atoms with van der Waals surface area (Å²) in [7, 11) is 0. The SMILES string of the molecule is C[C@H](CCO)CCC1OCCO1. The van der Waals surface area contributed by atoms with Crippen LogP contribution in [-0.2, 0) is 9.47 Å². The van der Waals surface area contributed by atoms with Crippen molar-refractivity contribution in [3.8, 4) is 0 Å². The molecule has 0 aliphatic carbocycles. The molecule has 0 spiro atoms. The molecule has 0 aromatic carbocycles. The van der Waals surface area contributed by atoms with Crippen LogP contribution in [0.4, 0.5) is 0 Å². The number of aliphatic hydroxyl groups is 1. The van der Waals surface area contributed by atoms with Crippen LogP contribution >= 0.6 is 0 Å². The van der Waals surface area contributed by atoms with Crippen molar-refractivity contribution in [3.63, 3.8) is 0 Å². The Balaban J connectivity index is 1.99. The molecule has 1 atom stereocenters. The van der Waals surface area contributed by atoms with Crippen LogP contribution in [0.3, 0.4) is 0 Å². The van der Waals surface area contributed by atoms with E-state index in [0.717, 1.165) is 32.5 Å². The third-order valence-electron chi connectivity index (χ3n) is 2.21. The second-order valence-corrected chi connectivity index (χ2v) is 3.37. The number of ether oxygens (including phenoxy) is 2. The van der Waals surface area contributed by atoms with Crippen LogP contribution in [0.2, 0.25) is 0 Å². The Morgan fingerprint density at radius 3 is 2.58 bits per heavy atom. The van der Waals surface area contributed by atoms with E-state index in [-0.39, 0.29) is 12.9 Å². The van der Waals surface area contributed by atoms with Crippen molar-refractivity contribution in [2.75, 3.05) is 19.8 Å². The number of hydrogen-bond donors (Lipinski definition) is 1. The maximum atomic E-state index is 8.67. The van der Waals surface area contributed by atoms with Crippen LogP contribution < -0.4 is 0 Å². The lowest BCUT2D eigenvalue weighted by molar-refractivity contribution is -0.0502. The summed E-state index contributed by atoms with van der Waals surface area (Å²) < 4.78 is 10.6. The van der Waals surface area contributed by atoms with Crippen molar-refractivity contribution < 1.29 is 14.6 Å². The fraction of sp³-hybridized carbons (Fsp3) is 1.00.